The Morgan fingerprint density at radius 3 is 2.85 bits per heavy atom. The number of hydrogen-bond acceptors (Lipinski definition) is 0. The average molecular weight is 262 g/mol. The Balaban J connectivity index is 2.53. The van der Waals surface area contributed by atoms with Crippen molar-refractivity contribution >= 4 is 27.5 Å². The number of rotatable bonds is 4. The van der Waals surface area contributed by atoms with E-state index in [0.29, 0.717) is 4.83 Å². The van der Waals surface area contributed by atoms with Gasteiger partial charge in [0.1, 0.15) is 0 Å². The molecule has 0 radical (unpaired) electrons. The molecule has 0 amide bonds. The van der Waals surface area contributed by atoms with Gasteiger partial charge in [0.05, 0.1) is 0 Å². The molecule has 13 heavy (non-hydrogen) atoms. The van der Waals surface area contributed by atoms with Crippen LogP contribution in [0.1, 0.15) is 25.3 Å². The molecule has 0 nitrogen and oxygen atoms in total. The maximum Gasteiger partial charge on any atom is 0.0408 e. The van der Waals surface area contributed by atoms with Gasteiger partial charge in [-0.15, -0.1) is 0 Å². The molecule has 72 valence electrons. The van der Waals surface area contributed by atoms with Gasteiger partial charge in [0.15, 0.2) is 0 Å². The van der Waals surface area contributed by atoms with Crippen LogP contribution in [0.3, 0.4) is 0 Å². The van der Waals surface area contributed by atoms with Crippen molar-refractivity contribution in [2.24, 2.45) is 0 Å². The molecule has 1 aromatic carbocycles. The highest BCUT2D eigenvalue weighted by Crippen LogP contribution is 2.17. The average Bonchev–Trinajstić information content (AvgIpc) is 2.04. The van der Waals surface area contributed by atoms with Crippen LogP contribution in [-0.4, -0.2) is 4.83 Å². The first-order valence-corrected chi connectivity index (χ1v) is 5.90. The molecule has 1 unspecified atom stereocenters. The van der Waals surface area contributed by atoms with Crippen molar-refractivity contribution in [2.45, 2.75) is 31.0 Å². The van der Waals surface area contributed by atoms with Crippen molar-refractivity contribution in [3.63, 3.8) is 0 Å². The summed E-state index contributed by atoms with van der Waals surface area (Å²) in [6.45, 7) is 2.20. The van der Waals surface area contributed by atoms with Crippen molar-refractivity contribution in [1.29, 1.82) is 0 Å². The molecule has 2 heteroatoms. The fourth-order valence-corrected chi connectivity index (χ4v) is 2.38. The van der Waals surface area contributed by atoms with Crippen LogP contribution in [-0.2, 0) is 6.42 Å². The summed E-state index contributed by atoms with van der Waals surface area (Å²) in [5.74, 6) is 0. The predicted octanol–water partition coefficient (Wildman–Crippen LogP) is 4.45. The van der Waals surface area contributed by atoms with Gasteiger partial charge in [-0.05, 0) is 30.5 Å². The highest BCUT2D eigenvalue weighted by molar-refractivity contribution is 9.09. The molecule has 1 atom stereocenters. The zero-order valence-corrected chi connectivity index (χ0v) is 10.1. The van der Waals surface area contributed by atoms with Gasteiger partial charge in [-0.1, -0.05) is 53.0 Å². The first-order valence-electron chi connectivity index (χ1n) is 4.61. The first kappa shape index (κ1) is 11.1. The van der Waals surface area contributed by atoms with E-state index in [1.807, 2.05) is 18.2 Å². The van der Waals surface area contributed by atoms with Crippen LogP contribution in [0.2, 0.25) is 5.02 Å². The van der Waals surface area contributed by atoms with E-state index in [1.54, 1.807) is 0 Å². The third-order valence-electron chi connectivity index (χ3n) is 1.95. The molecule has 0 aliphatic rings. The minimum atomic E-state index is 0.580. The van der Waals surface area contributed by atoms with Gasteiger partial charge in [-0.25, -0.2) is 0 Å². The summed E-state index contributed by atoms with van der Waals surface area (Å²) in [5.41, 5.74) is 1.31. The lowest BCUT2D eigenvalue weighted by Gasteiger charge is -2.07. The molecule has 0 aromatic heterocycles. The molecule has 0 bridgehead atoms. The van der Waals surface area contributed by atoms with E-state index in [0.717, 1.165) is 11.4 Å². The molecule has 0 heterocycles. The second-order valence-electron chi connectivity index (χ2n) is 3.22. The van der Waals surface area contributed by atoms with Crippen molar-refractivity contribution in [3.8, 4) is 0 Å². The quantitative estimate of drug-likeness (QED) is 0.703. The van der Waals surface area contributed by atoms with Crippen LogP contribution in [0.25, 0.3) is 0 Å². The summed E-state index contributed by atoms with van der Waals surface area (Å²) in [6.07, 6.45) is 3.50. The van der Waals surface area contributed by atoms with E-state index in [9.17, 15) is 0 Å². The minimum absolute atomic E-state index is 0.580. The summed E-state index contributed by atoms with van der Waals surface area (Å²) in [4.78, 5) is 0.580. The largest absolute Gasteiger partial charge is 0.0887 e. The van der Waals surface area contributed by atoms with Gasteiger partial charge < -0.3 is 0 Å². The first-order chi connectivity index (χ1) is 6.22. The highest BCUT2D eigenvalue weighted by Gasteiger charge is 2.03. The number of halogens is 2. The number of alkyl halides is 1. The molecule has 0 spiro atoms. The van der Waals surface area contributed by atoms with Gasteiger partial charge in [-0.3, -0.25) is 0 Å². The second kappa shape index (κ2) is 5.66. The molecule has 0 aliphatic heterocycles. The monoisotopic (exact) mass is 260 g/mol. The Morgan fingerprint density at radius 1 is 1.46 bits per heavy atom. The molecular weight excluding hydrogens is 247 g/mol. The summed E-state index contributed by atoms with van der Waals surface area (Å²) in [7, 11) is 0. The Kier molecular flexibility index (Phi) is 4.82. The summed E-state index contributed by atoms with van der Waals surface area (Å²) in [6, 6.07) is 8.07. The smallest absolute Gasteiger partial charge is 0.0408 e. The van der Waals surface area contributed by atoms with Crippen LogP contribution < -0.4 is 0 Å². The van der Waals surface area contributed by atoms with Gasteiger partial charge in [0.2, 0.25) is 0 Å². The van der Waals surface area contributed by atoms with E-state index in [1.165, 1.54) is 18.4 Å². The summed E-state index contributed by atoms with van der Waals surface area (Å²) in [5, 5.41) is 0.827. The van der Waals surface area contributed by atoms with E-state index in [2.05, 4.69) is 28.9 Å². The molecule has 0 saturated heterocycles. The zero-order valence-electron chi connectivity index (χ0n) is 7.76. The molecule has 0 aliphatic carbocycles. The Morgan fingerprint density at radius 2 is 2.23 bits per heavy atom. The normalized spacial score (nSPS) is 12.8. The molecular formula is C11H14BrCl. The van der Waals surface area contributed by atoms with Crippen molar-refractivity contribution in [1.82, 2.24) is 0 Å². The Bertz CT molecular complexity index is 260. The molecule has 0 N–H and O–H groups in total. The summed E-state index contributed by atoms with van der Waals surface area (Å²) >= 11 is 9.55. The van der Waals surface area contributed by atoms with Gasteiger partial charge in [0.25, 0.3) is 0 Å². The zero-order chi connectivity index (χ0) is 9.68. The van der Waals surface area contributed by atoms with E-state index >= 15 is 0 Å². The maximum absolute atomic E-state index is 5.89. The van der Waals surface area contributed by atoms with Crippen molar-refractivity contribution < 1.29 is 0 Å². The lowest BCUT2D eigenvalue weighted by molar-refractivity contribution is 0.745. The fraction of sp³-hybridized carbons (Fsp3) is 0.455. The number of hydrogen-bond donors (Lipinski definition) is 0. The highest BCUT2D eigenvalue weighted by atomic mass is 79.9. The van der Waals surface area contributed by atoms with Gasteiger partial charge in [0, 0.05) is 9.85 Å². The van der Waals surface area contributed by atoms with Crippen LogP contribution in [0, 0.1) is 0 Å². The van der Waals surface area contributed by atoms with Crippen LogP contribution in [0.15, 0.2) is 24.3 Å². The topological polar surface area (TPSA) is 0 Å². The fourth-order valence-electron chi connectivity index (χ4n) is 1.33. The molecule has 1 rings (SSSR count). The minimum Gasteiger partial charge on any atom is -0.0887 e. The molecule has 0 saturated carbocycles. The Hall–Kier alpha value is -0.0100. The number of benzene rings is 1. The summed E-state index contributed by atoms with van der Waals surface area (Å²) < 4.78 is 0. The van der Waals surface area contributed by atoms with Gasteiger partial charge >= 0.3 is 0 Å². The SMILES string of the molecule is CCCC(Br)Cc1cccc(Cl)c1. The van der Waals surface area contributed by atoms with Crippen LogP contribution in [0.4, 0.5) is 0 Å². The third kappa shape index (κ3) is 4.15. The van der Waals surface area contributed by atoms with Gasteiger partial charge in [-0.2, -0.15) is 0 Å². The lowest BCUT2D eigenvalue weighted by Crippen LogP contribution is -2.01. The second-order valence-corrected chi connectivity index (χ2v) is 4.95. The van der Waals surface area contributed by atoms with E-state index < -0.39 is 0 Å². The van der Waals surface area contributed by atoms with Crippen LogP contribution in [0.5, 0.6) is 0 Å². The Labute approximate surface area is 93.4 Å². The van der Waals surface area contributed by atoms with Crippen LogP contribution >= 0.6 is 27.5 Å². The molecule has 0 fully saturated rings. The molecule has 1 aromatic rings. The standard InChI is InChI=1S/C11H14BrCl/c1-2-4-10(12)7-9-5-3-6-11(13)8-9/h3,5-6,8,10H,2,4,7H2,1H3. The van der Waals surface area contributed by atoms with Crippen molar-refractivity contribution in [3.05, 3.63) is 34.9 Å². The predicted molar refractivity (Wildman–Crippen MR) is 62.8 cm³/mol. The van der Waals surface area contributed by atoms with E-state index in [-0.39, 0.29) is 0 Å². The van der Waals surface area contributed by atoms with E-state index in [4.69, 9.17) is 11.6 Å². The van der Waals surface area contributed by atoms with Crippen molar-refractivity contribution in [2.75, 3.05) is 0 Å². The third-order valence-corrected chi connectivity index (χ3v) is 2.96. The maximum atomic E-state index is 5.89. The lowest BCUT2D eigenvalue weighted by atomic mass is 10.1.